The zero-order chi connectivity index (χ0) is 9.10. The molecule has 3 nitrogen and oxygen atoms in total. The first-order chi connectivity index (χ1) is 6.36. The molecule has 2 rings (SSSR count). The highest BCUT2D eigenvalue weighted by molar-refractivity contribution is 4.82. The molecule has 0 aliphatic carbocycles. The van der Waals surface area contributed by atoms with E-state index in [1.54, 1.807) is 0 Å². The van der Waals surface area contributed by atoms with Gasteiger partial charge in [0.2, 0.25) is 0 Å². The van der Waals surface area contributed by atoms with E-state index in [9.17, 15) is 0 Å². The summed E-state index contributed by atoms with van der Waals surface area (Å²) < 4.78 is 5.63. The van der Waals surface area contributed by atoms with Crippen LogP contribution in [0.2, 0.25) is 0 Å². The van der Waals surface area contributed by atoms with Gasteiger partial charge in [-0.15, -0.1) is 0 Å². The van der Waals surface area contributed by atoms with Gasteiger partial charge in [0, 0.05) is 32.3 Å². The van der Waals surface area contributed by atoms with E-state index in [-0.39, 0.29) is 0 Å². The summed E-state index contributed by atoms with van der Waals surface area (Å²) in [6, 6.07) is 0.768. The van der Waals surface area contributed by atoms with Crippen LogP contribution in [-0.2, 0) is 4.74 Å². The summed E-state index contributed by atoms with van der Waals surface area (Å²) in [7, 11) is 0. The Morgan fingerprint density at radius 1 is 1.46 bits per heavy atom. The van der Waals surface area contributed by atoms with Gasteiger partial charge in [-0.2, -0.15) is 0 Å². The van der Waals surface area contributed by atoms with Crippen molar-refractivity contribution in [3.63, 3.8) is 0 Å². The van der Waals surface area contributed by atoms with Crippen LogP contribution < -0.4 is 5.32 Å². The van der Waals surface area contributed by atoms with E-state index in [1.165, 1.54) is 32.5 Å². The molecule has 0 amide bonds. The van der Waals surface area contributed by atoms with Crippen LogP contribution in [0, 0.1) is 0 Å². The van der Waals surface area contributed by atoms with Crippen molar-refractivity contribution in [2.24, 2.45) is 0 Å². The van der Waals surface area contributed by atoms with Gasteiger partial charge in [0.25, 0.3) is 0 Å². The predicted octanol–water partition coefficient (Wildman–Crippen LogP) is 0.459. The van der Waals surface area contributed by atoms with E-state index in [4.69, 9.17) is 4.74 Å². The molecule has 0 saturated carbocycles. The zero-order valence-corrected chi connectivity index (χ0v) is 8.46. The van der Waals surface area contributed by atoms with Crippen LogP contribution >= 0.6 is 0 Å². The first kappa shape index (κ1) is 9.44. The molecule has 2 unspecified atom stereocenters. The summed E-state index contributed by atoms with van der Waals surface area (Å²) in [4.78, 5) is 2.59. The van der Waals surface area contributed by atoms with Gasteiger partial charge in [0.05, 0.1) is 6.10 Å². The van der Waals surface area contributed by atoms with E-state index in [0.29, 0.717) is 6.10 Å². The molecule has 13 heavy (non-hydrogen) atoms. The second-order valence-corrected chi connectivity index (χ2v) is 4.18. The molecule has 0 radical (unpaired) electrons. The number of rotatable bonds is 1. The van der Waals surface area contributed by atoms with Crippen LogP contribution in [-0.4, -0.2) is 49.8 Å². The van der Waals surface area contributed by atoms with Crippen molar-refractivity contribution >= 4 is 0 Å². The average Bonchev–Trinajstić information content (AvgIpc) is 2.56. The number of nitrogens with one attached hydrogen (secondary N) is 1. The summed E-state index contributed by atoms with van der Waals surface area (Å²) in [6.07, 6.45) is 2.93. The number of nitrogens with zero attached hydrogens (tertiary/aromatic N) is 1. The first-order valence-corrected chi connectivity index (χ1v) is 5.42. The first-order valence-electron chi connectivity index (χ1n) is 5.42. The molecular formula is C10H20N2O. The van der Waals surface area contributed by atoms with E-state index >= 15 is 0 Å². The second kappa shape index (κ2) is 4.40. The SMILES string of the molecule is CC1CN(C2CCNC2)CCCO1. The molecule has 2 aliphatic rings. The highest BCUT2D eigenvalue weighted by Gasteiger charge is 2.24. The lowest BCUT2D eigenvalue weighted by molar-refractivity contribution is 0.0621. The minimum Gasteiger partial charge on any atom is -0.377 e. The Kier molecular flexibility index (Phi) is 3.19. The highest BCUT2D eigenvalue weighted by atomic mass is 16.5. The normalized spacial score (nSPS) is 37.6. The topological polar surface area (TPSA) is 24.5 Å². The van der Waals surface area contributed by atoms with Crippen molar-refractivity contribution in [3.8, 4) is 0 Å². The minimum absolute atomic E-state index is 0.420. The lowest BCUT2D eigenvalue weighted by Gasteiger charge is -2.27. The molecule has 0 aromatic rings. The molecule has 3 heteroatoms. The Labute approximate surface area is 80.4 Å². The lowest BCUT2D eigenvalue weighted by Crippen LogP contribution is -2.40. The van der Waals surface area contributed by atoms with Gasteiger partial charge in [-0.3, -0.25) is 4.90 Å². The van der Waals surface area contributed by atoms with E-state index in [2.05, 4.69) is 17.1 Å². The van der Waals surface area contributed by atoms with Crippen LogP contribution in [0.3, 0.4) is 0 Å². The molecular weight excluding hydrogens is 164 g/mol. The molecule has 76 valence electrons. The largest absolute Gasteiger partial charge is 0.377 e. The molecule has 2 heterocycles. The standard InChI is InChI=1S/C10H20N2O/c1-9-8-12(5-2-6-13-9)10-3-4-11-7-10/h9-11H,2-8H2,1H3. The predicted molar refractivity (Wildman–Crippen MR) is 52.9 cm³/mol. The van der Waals surface area contributed by atoms with E-state index in [0.717, 1.165) is 19.2 Å². The number of hydrogen-bond acceptors (Lipinski definition) is 3. The van der Waals surface area contributed by atoms with Crippen LogP contribution in [0.5, 0.6) is 0 Å². The van der Waals surface area contributed by atoms with Crippen molar-refractivity contribution in [3.05, 3.63) is 0 Å². The maximum atomic E-state index is 5.63. The Morgan fingerprint density at radius 3 is 3.15 bits per heavy atom. The van der Waals surface area contributed by atoms with E-state index < -0.39 is 0 Å². The van der Waals surface area contributed by atoms with Crippen molar-refractivity contribution < 1.29 is 4.74 Å². The van der Waals surface area contributed by atoms with Gasteiger partial charge < -0.3 is 10.1 Å². The zero-order valence-electron chi connectivity index (χ0n) is 8.46. The van der Waals surface area contributed by atoms with Gasteiger partial charge in [0.15, 0.2) is 0 Å². The fourth-order valence-corrected chi connectivity index (χ4v) is 2.31. The fraction of sp³-hybridized carbons (Fsp3) is 1.00. The van der Waals surface area contributed by atoms with Crippen LogP contribution in [0.25, 0.3) is 0 Å². The number of hydrogen-bond donors (Lipinski definition) is 1. The third kappa shape index (κ3) is 2.42. The molecule has 2 aliphatic heterocycles. The summed E-state index contributed by atoms with van der Waals surface area (Å²) in [5, 5.41) is 3.42. The van der Waals surface area contributed by atoms with Crippen LogP contribution in [0.1, 0.15) is 19.8 Å². The minimum atomic E-state index is 0.420. The van der Waals surface area contributed by atoms with Gasteiger partial charge in [-0.05, 0) is 26.3 Å². The Morgan fingerprint density at radius 2 is 2.38 bits per heavy atom. The van der Waals surface area contributed by atoms with Crippen molar-refractivity contribution in [1.82, 2.24) is 10.2 Å². The summed E-state index contributed by atoms with van der Waals surface area (Å²) in [6.45, 7) is 7.82. The molecule has 2 saturated heterocycles. The third-order valence-corrected chi connectivity index (χ3v) is 3.03. The maximum absolute atomic E-state index is 5.63. The van der Waals surface area contributed by atoms with Gasteiger partial charge >= 0.3 is 0 Å². The smallest absolute Gasteiger partial charge is 0.0674 e. The lowest BCUT2D eigenvalue weighted by atomic mass is 10.2. The van der Waals surface area contributed by atoms with E-state index in [1.807, 2.05) is 0 Å². The van der Waals surface area contributed by atoms with Gasteiger partial charge in [-0.25, -0.2) is 0 Å². The fourth-order valence-electron chi connectivity index (χ4n) is 2.31. The molecule has 0 aromatic carbocycles. The third-order valence-electron chi connectivity index (χ3n) is 3.03. The molecule has 1 N–H and O–H groups in total. The monoisotopic (exact) mass is 184 g/mol. The summed E-state index contributed by atoms with van der Waals surface area (Å²) in [5.41, 5.74) is 0. The highest BCUT2D eigenvalue weighted by Crippen LogP contribution is 2.13. The van der Waals surface area contributed by atoms with Crippen molar-refractivity contribution in [2.75, 3.05) is 32.8 Å². The van der Waals surface area contributed by atoms with Crippen LogP contribution in [0.4, 0.5) is 0 Å². The van der Waals surface area contributed by atoms with Crippen molar-refractivity contribution in [2.45, 2.75) is 31.9 Å². The Balaban J connectivity index is 1.88. The molecule has 2 atom stereocenters. The molecule has 0 spiro atoms. The Bertz CT molecular complexity index is 157. The molecule has 2 fully saturated rings. The molecule has 0 bridgehead atoms. The summed E-state index contributed by atoms with van der Waals surface area (Å²) in [5.74, 6) is 0. The number of ether oxygens (including phenoxy) is 1. The average molecular weight is 184 g/mol. The Hall–Kier alpha value is -0.120. The van der Waals surface area contributed by atoms with Gasteiger partial charge in [-0.1, -0.05) is 0 Å². The van der Waals surface area contributed by atoms with Gasteiger partial charge in [0.1, 0.15) is 0 Å². The summed E-state index contributed by atoms with van der Waals surface area (Å²) >= 11 is 0. The maximum Gasteiger partial charge on any atom is 0.0674 e. The van der Waals surface area contributed by atoms with Crippen molar-refractivity contribution in [1.29, 1.82) is 0 Å². The molecule has 0 aromatic heterocycles. The quantitative estimate of drug-likeness (QED) is 0.641. The van der Waals surface area contributed by atoms with Crippen LogP contribution in [0.15, 0.2) is 0 Å². The second-order valence-electron chi connectivity index (χ2n) is 4.18.